The van der Waals surface area contributed by atoms with Crippen molar-refractivity contribution in [2.45, 2.75) is 31.7 Å². The summed E-state index contributed by atoms with van der Waals surface area (Å²) in [5.74, 6) is -1.90. The fraction of sp³-hybridized carbons (Fsp3) is 0.263. The molecule has 0 aliphatic carbocycles. The SMILES string of the molecule is O=C(Cc1cccc(F)c1)N[C@@H](CCCc1ccccc1)C(=O)O. The number of hydrogen-bond acceptors (Lipinski definition) is 2. The number of benzene rings is 2. The van der Waals surface area contributed by atoms with Gasteiger partial charge in [-0.05, 0) is 42.5 Å². The Morgan fingerprint density at radius 1 is 1.04 bits per heavy atom. The number of hydrogen-bond donors (Lipinski definition) is 2. The van der Waals surface area contributed by atoms with Crippen LogP contribution < -0.4 is 5.32 Å². The van der Waals surface area contributed by atoms with Crippen molar-refractivity contribution in [1.82, 2.24) is 5.32 Å². The molecule has 2 aromatic rings. The van der Waals surface area contributed by atoms with Crippen LogP contribution in [0.15, 0.2) is 54.6 Å². The van der Waals surface area contributed by atoms with Crippen LogP contribution in [0, 0.1) is 5.82 Å². The van der Waals surface area contributed by atoms with Crippen LogP contribution in [-0.4, -0.2) is 23.0 Å². The number of carbonyl (C=O) groups is 2. The molecule has 1 atom stereocenters. The van der Waals surface area contributed by atoms with Crippen molar-refractivity contribution in [2.75, 3.05) is 0 Å². The summed E-state index contributed by atoms with van der Waals surface area (Å²) < 4.78 is 13.1. The van der Waals surface area contributed by atoms with Crippen LogP contribution in [0.4, 0.5) is 4.39 Å². The molecule has 0 bridgehead atoms. The van der Waals surface area contributed by atoms with E-state index >= 15 is 0 Å². The first kappa shape index (κ1) is 17.7. The van der Waals surface area contributed by atoms with E-state index in [1.807, 2.05) is 30.3 Å². The number of aliphatic carboxylic acids is 1. The molecule has 0 radical (unpaired) electrons. The number of amides is 1. The quantitative estimate of drug-likeness (QED) is 0.782. The Balaban J connectivity index is 1.84. The molecule has 5 heteroatoms. The van der Waals surface area contributed by atoms with Gasteiger partial charge < -0.3 is 10.4 Å². The van der Waals surface area contributed by atoms with E-state index in [-0.39, 0.29) is 6.42 Å². The number of carbonyl (C=O) groups excluding carboxylic acids is 1. The maximum absolute atomic E-state index is 13.1. The third kappa shape index (κ3) is 5.83. The summed E-state index contributed by atoms with van der Waals surface area (Å²) in [6, 6.07) is 14.5. The average Bonchev–Trinajstić information content (AvgIpc) is 2.54. The van der Waals surface area contributed by atoms with Gasteiger partial charge in [-0.15, -0.1) is 0 Å². The first-order valence-electron chi connectivity index (χ1n) is 7.85. The number of aryl methyl sites for hydroxylation is 1. The minimum atomic E-state index is -1.06. The van der Waals surface area contributed by atoms with Crippen LogP contribution >= 0.6 is 0 Å². The molecule has 0 heterocycles. The smallest absolute Gasteiger partial charge is 0.326 e. The highest BCUT2D eigenvalue weighted by molar-refractivity contribution is 5.84. The molecule has 0 spiro atoms. The molecule has 0 fully saturated rings. The molecule has 2 N–H and O–H groups in total. The van der Waals surface area contributed by atoms with Gasteiger partial charge in [-0.3, -0.25) is 4.79 Å². The summed E-state index contributed by atoms with van der Waals surface area (Å²) in [6.45, 7) is 0. The fourth-order valence-corrected chi connectivity index (χ4v) is 2.49. The van der Waals surface area contributed by atoms with Gasteiger partial charge in [-0.2, -0.15) is 0 Å². The van der Waals surface area contributed by atoms with E-state index in [1.165, 1.54) is 18.2 Å². The van der Waals surface area contributed by atoms with Crippen molar-refractivity contribution in [3.8, 4) is 0 Å². The maximum atomic E-state index is 13.1. The summed E-state index contributed by atoms with van der Waals surface area (Å²) in [7, 11) is 0. The third-order valence-corrected chi connectivity index (χ3v) is 3.69. The average molecular weight is 329 g/mol. The zero-order valence-electron chi connectivity index (χ0n) is 13.2. The third-order valence-electron chi connectivity index (χ3n) is 3.69. The molecule has 0 aromatic heterocycles. The number of halogens is 1. The Kier molecular flexibility index (Phi) is 6.49. The van der Waals surface area contributed by atoms with Gasteiger partial charge in [-0.25, -0.2) is 9.18 Å². The van der Waals surface area contributed by atoms with E-state index in [2.05, 4.69) is 5.32 Å². The summed E-state index contributed by atoms with van der Waals surface area (Å²) in [5, 5.41) is 11.8. The highest BCUT2D eigenvalue weighted by Gasteiger charge is 2.19. The minimum absolute atomic E-state index is 0.0414. The van der Waals surface area contributed by atoms with Gasteiger partial charge in [0, 0.05) is 0 Å². The molecule has 2 rings (SSSR count). The Labute approximate surface area is 140 Å². The van der Waals surface area contributed by atoms with Gasteiger partial charge in [-0.1, -0.05) is 42.5 Å². The zero-order valence-corrected chi connectivity index (χ0v) is 13.2. The van der Waals surface area contributed by atoms with Crippen LogP contribution in [0.1, 0.15) is 24.0 Å². The summed E-state index contributed by atoms with van der Waals surface area (Å²) in [6.07, 6.45) is 1.71. The number of carboxylic acids is 1. The molecule has 0 unspecified atom stereocenters. The van der Waals surface area contributed by atoms with Crippen LogP contribution in [0.25, 0.3) is 0 Å². The van der Waals surface area contributed by atoms with Gasteiger partial charge in [0.15, 0.2) is 0 Å². The molecule has 0 aliphatic rings. The number of nitrogens with one attached hydrogen (secondary N) is 1. The molecule has 0 saturated heterocycles. The Hall–Kier alpha value is -2.69. The molecule has 126 valence electrons. The molecular weight excluding hydrogens is 309 g/mol. The summed E-state index contributed by atoms with van der Waals surface area (Å²) in [4.78, 5) is 23.3. The van der Waals surface area contributed by atoms with Crippen LogP contribution in [0.5, 0.6) is 0 Å². The normalized spacial score (nSPS) is 11.7. The molecular formula is C19H20FNO3. The lowest BCUT2D eigenvalue weighted by Gasteiger charge is -2.14. The molecule has 1 amide bonds. The van der Waals surface area contributed by atoms with Crippen molar-refractivity contribution in [2.24, 2.45) is 0 Å². The first-order valence-corrected chi connectivity index (χ1v) is 7.85. The highest BCUT2D eigenvalue weighted by atomic mass is 19.1. The van der Waals surface area contributed by atoms with Crippen LogP contribution in [-0.2, 0) is 22.4 Å². The number of rotatable bonds is 8. The van der Waals surface area contributed by atoms with Crippen molar-refractivity contribution in [1.29, 1.82) is 0 Å². The van der Waals surface area contributed by atoms with Crippen LogP contribution in [0.3, 0.4) is 0 Å². The standard InChI is InChI=1S/C19H20FNO3/c20-16-10-4-9-15(12-16)13-18(22)21-17(19(23)24)11-5-8-14-6-2-1-3-7-14/h1-4,6-7,9-10,12,17H,5,8,11,13H2,(H,21,22)(H,23,24)/t17-/m0/s1. The largest absolute Gasteiger partial charge is 0.480 e. The van der Waals surface area contributed by atoms with Crippen LogP contribution in [0.2, 0.25) is 0 Å². The lowest BCUT2D eigenvalue weighted by molar-refractivity contribution is -0.141. The lowest BCUT2D eigenvalue weighted by atomic mass is 10.0. The maximum Gasteiger partial charge on any atom is 0.326 e. The second-order valence-corrected chi connectivity index (χ2v) is 5.64. The van der Waals surface area contributed by atoms with Gasteiger partial charge in [0.2, 0.25) is 5.91 Å². The van der Waals surface area contributed by atoms with Crippen molar-refractivity contribution < 1.29 is 19.1 Å². The fourth-order valence-electron chi connectivity index (χ4n) is 2.49. The Morgan fingerprint density at radius 2 is 1.75 bits per heavy atom. The zero-order chi connectivity index (χ0) is 17.4. The Bertz CT molecular complexity index is 688. The van der Waals surface area contributed by atoms with E-state index in [0.717, 1.165) is 12.0 Å². The minimum Gasteiger partial charge on any atom is -0.480 e. The Morgan fingerprint density at radius 3 is 2.42 bits per heavy atom. The molecule has 24 heavy (non-hydrogen) atoms. The molecule has 0 saturated carbocycles. The summed E-state index contributed by atoms with van der Waals surface area (Å²) in [5.41, 5.74) is 1.65. The van der Waals surface area contributed by atoms with Gasteiger partial charge in [0.05, 0.1) is 6.42 Å². The van der Waals surface area contributed by atoms with E-state index < -0.39 is 23.7 Å². The van der Waals surface area contributed by atoms with E-state index in [4.69, 9.17) is 0 Å². The monoisotopic (exact) mass is 329 g/mol. The first-order chi connectivity index (χ1) is 11.5. The van der Waals surface area contributed by atoms with Crippen molar-refractivity contribution in [3.63, 3.8) is 0 Å². The predicted octanol–water partition coefficient (Wildman–Crippen LogP) is 2.96. The topological polar surface area (TPSA) is 66.4 Å². The lowest BCUT2D eigenvalue weighted by Crippen LogP contribution is -2.41. The second kappa shape index (κ2) is 8.82. The van der Waals surface area contributed by atoms with Gasteiger partial charge >= 0.3 is 5.97 Å². The summed E-state index contributed by atoms with van der Waals surface area (Å²) >= 11 is 0. The number of carboxylic acid groups (broad SMARTS) is 1. The van der Waals surface area contributed by atoms with Gasteiger partial charge in [0.1, 0.15) is 11.9 Å². The molecule has 4 nitrogen and oxygen atoms in total. The highest BCUT2D eigenvalue weighted by Crippen LogP contribution is 2.08. The van der Waals surface area contributed by atoms with Gasteiger partial charge in [0.25, 0.3) is 0 Å². The second-order valence-electron chi connectivity index (χ2n) is 5.64. The van der Waals surface area contributed by atoms with E-state index in [9.17, 15) is 19.1 Å². The van der Waals surface area contributed by atoms with E-state index in [1.54, 1.807) is 6.07 Å². The van der Waals surface area contributed by atoms with E-state index in [0.29, 0.717) is 18.4 Å². The predicted molar refractivity (Wildman–Crippen MR) is 89.1 cm³/mol. The van der Waals surface area contributed by atoms with Crippen molar-refractivity contribution in [3.05, 3.63) is 71.5 Å². The molecule has 0 aliphatic heterocycles. The van der Waals surface area contributed by atoms with Crippen molar-refractivity contribution >= 4 is 11.9 Å². The molecule has 2 aromatic carbocycles.